The van der Waals surface area contributed by atoms with E-state index >= 15 is 0 Å². The number of rotatable bonds is 15. The van der Waals surface area contributed by atoms with Gasteiger partial charge in [0.15, 0.2) is 0 Å². The Morgan fingerprint density at radius 2 is 0.829 bits per heavy atom. The third-order valence-corrected chi connectivity index (χ3v) is 9.33. The van der Waals surface area contributed by atoms with E-state index in [0.29, 0.717) is 0 Å². The highest BCUT2D eigenvalue weighted by molar-refractivity contribution is 7.79. The topological polar surface area (TPSA) is 9.72 Å². The Balaban J connectivity index is 1.76. The summed E-state index contributed by atoms with van der Waals surface area (Å²) in [6.07, 6.45) is 0. The van der Waals surface area contributed by atoms with Gasteiger partial charge in [-0.25, -0.2) is 0 Å². The van der Waals surface area contributed by atoms with Gasteiger partial charge in [0.2, 0.25) is 0 Å². The molecule has 0 heterocycles. The van der Waals surface area contributed by atoms with Gasteiger partial charge in [0.1, 0.15) is 0 Å². The van der Waals surface area contributed by atoms with Crippen LogP contribution >= 0.6 is 7.92 Å². The van der Waals surface area contributed by atoms with E-state index in [0.717, 1.165) is 58.9 Å². The fourth-order valence-electron chi connectivity index (χ4n) is 4.53. The lowest BCUT2D eigenvalue weighted by Gasteiger charge is -2.29. The summed E-state index contributed by atoms with van der Waals surface area (Å²) in [6.45, 7) is 19.1. The Kier molecular flexibility index (Phi) is 11.9. The smallest absolute Gasteiger partial charge is 0.0234 e. The van der Waals surface area contributed by atoms with Gasteiger partial charge < -0.3 is 9.80 Å². The first-order valence-electron chi connectivity index (χ1n) is 13.3. The van der Waals surface area contributed by atoms with Crippen LogP contribution in [0.15, 0.2) is 84.9 Å². The largest absolute Gasteiger partial charge is 0.303 e. The average molecular weight is 490 g/mol. The normalized spacial score (nSPS) is 11.8. The van der Waals surface area contributed by atoms with Crippen molar-refractivity contribution in [3.8, 4) is 0 Å². The SMILES string of the molecule is CCN(CC)CCN(CCN(CC)CC)Cc1ccc(P(c2ccccc2)c2ccccc2)cc1. The van der Waals surface area contributed by atoms with E-state index in [1.165, 1.54) is 21.5 Å². The van der Waals surface area contributed by atoms with Crippen LogP contribution in [0.25, 0.3) is 0 Å². The Labute approximate surface area is 215 Å². The molecule has 0 atom stereocenters. The minimum absolute atomic E-state index is 0.546. The van der Waals surface area contributed by atoms with Crippen molar-refractivity contribution < 1.29 is 0 Å². The van der Waals surface area contributed by atoms with Gasteiger partial charge >= 0.3 is 0 Å². The van der Waals surface area contributed by atoms with Crippen molar-refractivity contribution in [2.75, 3.05) is 52.4 Å². The predicted octanol–water partition coefficient (Wildman–Crippen LogP) is 4.93. The predicted molar refractivity (Wildman–Crippen MR) is 156 cm³/mol. The fourth-order valence-corrected chi connectivity index (χ4v) is 6.81. The lowest BCUT2D eigenvalue weighted by atomic mass is 10.2. The molecule has 3 rings (SSSR count). The minimum atomic E-state index is -0.546. The third-order valence-electron chi connectivity index (χ3n) is 6.88. The average Bonchev–Trinajstić information content (AvgIpc) is 2.92. The number of likely N-dealkylation sites (N-methyl/N-ethyl adjacent to an activating group) is 2. The quantitative estimate of drug-likeness (QED) is 0.280. The van der Waals surface area contributed by atoms with Crippen LogP contribution in [-0.2, 0) is 6.54 Å². The molecule has 0 radical (unpaired) electrons. The molecule has 0 aliphatic rings. The highest BCUT2D eigenvalue weighted by Crippen LogP contribution is 2.32. The number of benzene rings is 3. The van der Waals surface area contributed by atoms with Gasteiger partial charge in [0.05, 0.1) is 0 Å². The molecule has 0 N–H and O–H groups in total. The Hall–Kier alpha value is -2.03. The van der Waals surface area contributed by atoms with E-state index in [1.807, 2.05) is 0 Å². The first kappa shape index (κ1) is 27.6. The number of nitrogens with zero attached hydrogens (tertiary/aromatic N) is 3. The number of hydrogen-bond acceptors (Lipinski definition) is 3. The van der Waals surface area contributed by atoms with Gasteiger partial charge in [0.25, 0.3) is 0 Å². The molecule has 0 unspecified atom stereocenters. The molecule has 3 aromatic carbocycles. The van der Waals surface area contributed by atoms with Gasteiger partial charge in [-0.15, -0.1) is 0 Å². The van der Waals surface area contributed by atoms with Gasteiger partial charge in [-0.2, -0.15) is 0 Å². The summed E-state index contributed by atoms with van der Waals surface area (Å²) in [5.41, 5.74) is 1.41. The molecule has 188 valence electrons. The van der Waals surface area contributed by atoms with E-state index < -0.39 is 7.92 Å². The van der Waals surface area contributed by atoms with Crippen molar-refractivity contribution in [2.45, 2.75) is 34.2 Å². The summed E-state index contributed by atoms with van der Waals surface area (Å²) in [5.74, 6) is 0. The summed E-state index contributed by atoms with van der Waals surface area (Å²) >= 11 is 0. The minimum Gasteiger partial charge on any atom is -0.303 e. The molecule has 35 heavy (non-hydrogen) atoms. The second-order valence-corrected chi connectivity index (χ2v) is 11.2. The zero-order chi connectivity index (χ0) is 24.9. The maximum Gasteiger partial charge on any atom is 0.0234 e. The van der Waals surface area contributed by atoms with Crippen molar-refractivity contribution in [3.05, 3.63) is 90.5 Å². The molecule has 3 aromatic rings. The van der Waals surface area contributed by atoms with Crippen LogP contribution in [-0.4, -0.2) is 67.1 Å². The van der Waals surface area contributed by atoms with E-state index in [1.54, 1.807) is 0 Å². The molecule has 0 aliphatic heterocycles. The van der Waals surface area contributed by atoms with Crippen molar-refractivity contribution in [1.29, 1.82) is 0 Å². The summed E-state index contributed by atoms with van der Waals surface area (Å²) in [6, 6.07) is 31.4. The number of hydrogen-bond donors (Lipinski definition) is 0. The van der Waals surface area contributed by atoms with Crippen LogP contribution in [0.1, 0.15) is 33.3 Å². The van der Waals surface area contributed by atoms with Crippen molar-refractivity contribution >= 4 is 23.8 Å². The van der Waals surface area contributed by atoms with Crippen LogP contribution in [0, 0.1) is 0 Å². The maximum atomic E-state index is 2.64. The Bertz CT molecular complexity index is 882. The molecule has 4 heteroatoms. The van der Waals surface area contributed by atoms with E-state index in [-0.39, 0.29) is 0 Å². The van der Waals surface area contributed by atoms with Gasteiger partial charge in [0, 0.05) is 32.7 Å². The molecule has 0 fully saturated rings. The zero-order valence-electron chi connectivity index (χ0n) is 22.2. The Morgan fingerprint density at radius 1 is 0.457 bits per heavy atom. The van der Waals surface area contributed by atoms with Crippen LogP contribution in [0.3, 0.4) is 0 Å². The molecule has 0 bridgehead atoms. The highest BCUT2D eigenvalue weighted by atomic mass is 31.1. The molecule has 0 aromatic heterocycles. The highest BCUT2D eigenvalue weighted by Gasteiger charge is 2.16. The molecule has 0 saturated heterocycles. The van der Waals surface area contributed by atoms with Crippen molar-refractivity contribution in [3.63, 3.8) is 0 Å². The lowest BCUT2D eigenvalue weighted by molar-refractivity contribution is 0.180. The van der Waals surface area contributed by atoms with Gasteiger partial charge in [-0.3, -0.25) is 4.90 Å². The molecule has 0 aliphatic carbocycles. The standard InChI is InChI=1S/C31H44N3P/c1-5-32(6-2)23-25-34(26-24-33(7-3)8-4)27-28-19-21-31(22-20-28)35(29-15-11-9-12-16-29)30-17-13-10-14-18-30/h9-22H,5-8,23-27H2,1-4H3. The van der Waals surface area contributed by atoms with Crippen LogP contribution in [0.2, 0.25) is 0 Å². The lowest BCUT2D eigenvalue weighted by Crippen LogP contribution is -2.39. The van der Waals surface area contributed by atoms with Crippen molar-refractivity contribution in [1.82, 2.24) is 14.7 Å². The third kappa shape index (κ3) is 8.54. The van der Waals surface area contributed by atoms with Crippen LogP contribution < -0.4 is 15.9 Å². The van der Waals surface area contributed by atoms with Gasteiger partial charge in [-0.05, 0) is 55.6 Å². The van der Waals surface area contributed by atoms with Gasteiger partial charge in [-0.1, -0.05) is 113 Å². The maximum absolute atomic E-state index is 2.64. The van der Waals surface area contributed by atoms with E-state index in [4.69, 9.17) is 0 Å². The summed E-state index contributed by atoms with van der Waals surface area (Å²) < 4.78 is 0. The second kappa shape index (κ2) is 15.2. The van der Waals surface area contributed by atoms with Crippen LogP contribution in [0.5, 0.6) is 0 Å². The Morgan fingerprint density at radius 3 is 1.23 bits per heavy atom. The molecule has 0 saturated carbocycles. The van der Waals surface area contributed by atoms with Crippen molar-refractivity contribution in [2.24, 2.45) is 0 Å². The fraction of sp³-hybridized carbons (Fsp3) is 0.419. The molecule has 3 nitrogen and oxygen atoms in total. The molecular formula is C31H44N3P. The van der Waals surface area contributed by atoms with E-state index in [2.05, 4.69) is 127 Å². The summed E-state index contributed by atoms with van der Waals surface area (Å²) in [5, 5.41) is 4.22. The monoisotopic (exact) mass is 489 g/mol. The second-order valence-electron chi connectivity index (χ2n) is 9.00. The first-order valence-corrected chi connectivity index (χ1v) is 14.7. The molecule has 0 amide bonds. The van der Waals surface area contributed by atoms with Crippen LogP contribution in [0.4, 0.5) is 0 Å². The summed E-state index contributed by atoms with van der Waals surface area (Å²) in [4.78, 5) is 7.70. The first-order chi connectivity index (χ1) is 17.2. The molecule has 0 spiro atoms. The summed E-state index contributed by atoms with van der Waals surface area (Å²) in [7, 11) is -0.546. The zero-order valence-corrected chi connectivity index (χ0v) is 23.1. The molecular weight excluding hydrogens is 445 g/mol. The van der Waals surface area contributed by atoms with E-state index in [9.17, 15) is 0 Å².